The molecule has 0 atom stereocenters. The molecule has 0 aliphatic carbocycles. The molecule has 0 radical (unpaired) electrons. The van der Waals surface area contributed by atoms with E-state index in [1.54, 1.807) is 0 Å². The summed E-state index contributed by atoms with van der Waals surface area (Å²) < 4.78 is 0. The summed E-state index contributed by atoms with van der Waals surface area (Å²) in [5.41, 5.74) is 5.02. The van der Waals surface area contributed by atoms with Crippen molar-refractivity contribution in [1.29, 1.82) is 0 Å². The number of aliphatic hydroxyl groups is 1. The molecule has 132 valence electrons. The molecule has 0 saturated carbocycles. The van der Waals surface area contributed by atoms with Crippen molar-refractivity contribution in [2.75, 3.05) is 30.3 Å². The van der Waals surface area contributed by atoms with E-state index in [0.717, 1.165) is 46.9 Å². The van der Waals surface area contributed by atoms with Gasteiger partial charge in [0.1, 0.15) is 5.82 Å². The van der Waals surface area contributed by atoms with Crippen LogP contribution in [-0.4, -0.2) is 34.8 Å². The van der Waals surface area contributed by atoms with Gasteiger partial charge in [0, 0.05) is 40.5 Å². The lowest BCUT2D eigenvalue weighted by molar-refractivity contribution is 0.311. The molecule has 1 aliphatic rings. The molecule has 0 unspecified atom stereocenters. The minimum Gasteiger partial charge on any atom is -0.395 e. The highest BCUT2D eigenvalue weighted by Gasteiger charge is 2.21. The van der Waals surface area contributed by atoms with E-state index in [2.05, 4.69) is 22.8 Å². The number of hydrogen-bond donors (Lipinski definition) is 3. The van der Waals surface area contributed by atoms with Crippen molar-refractivity contribution in [2.24, 2.45) is 0 Å². The standard InChI is InChI=1S/C20H19ClN4O/c21-14-7-5-13(6-8-14)19-24-18-15-3-1-2-4-17(15)22-10-9-16(18)20(25-19)23-11-12-26/h1-8,22,26H,9-12H2,(H,23,24,25). The average molecular weight is 367 g/mol. The predicted octanol–water partition coefficient (Wildman–Crippen LogP) is 3.84. The van der Waals surface area contributed by atoms with Crippen molar-refractivity contribution < 1.29 is 5.11 Å². The van der Waals surface area contributed by atoms with Gasteiger partial charge in [-0.25, -0.2) is 9.97 Å². The summed E-state index contributed by atoms with van der Waals surface area (Å²) in [6.07, 6.45) is 0.804. The molecule has 4 rings (SSSR count). The maximum Gasteiger partial charge on any atom is 0.162 e. The molecule has 1 aliphatic heterocycles. The van der Waals surface area contributed by atoms with Crippen molar-refractivity contribution in [3.8, 4) is 22.6 Å². The van der Waals surface area contributed by atoms with Gasteiger partial charge in [0.2, 0.25) is 0 Å². The molecule has 5 nitrogen and oxygen atoms in total. The Morgan fingerprint density at radius 1 is 1.08 bits per heavy atom. The normalized spacial score (nSPS) is 12.5. The summed E-state index contributed by atoms with van der Waals surface area (Å²) >= 11 is 6.01. The van der Waals surface area contributed by atoms with Crippen LogP contribution >= 0.6 is 11.6 Å². The Labute approximate surface area is 157 Å². The molecule has 0 amide bonds. The van der Waals surface area contributed by atoms with Gasteiger partial charge in [0.25, 0.3) is 0 Å². The third kappa shape index (κ3) is 3.23. The molecule has 0 fully saturated rings. The first kappa shape index (κ1) is 16.8. The third-order valence-corrected chi connectivity index (χ3v) is 4.64. The summed E-state index contributed by atoms with van der Waals surface area (Å²) in [5.74, 6) is 1.41. The highest BCUT2D eigenvalue weighted by Crippen LogP contribution is 2.36. The maximum atomic E-state index is 9.23. The molecule has 1 aromatic heterocycles. The van der Waals surface area contributed by atoms with Crippen LogP contribution in [0.25, 0.3) is 22.6 Å². The Kier molecular flexibility index (Phi) is 4.73. The number of rotatable bonds is 4. The molecule has 2 aromatic carbocycles. The number of nitrogens with one attached hydrogen (secondary N) is 2. The van der Waals surface area contributed by atoms with Crippen molar-refractivity contribution in [3.63, 3.8) is 0 Å². The molecular formula is C20H19ClN4O. The Bertz CT molecular complexity index is 928. The van der Waals surface area contributed by atoms with E-state index in [4.69, 9.17) is 21.6 Å². The fraction of sp³-hybridized carbons (Fsp3) is 0.200. The number of halogens is 1. The minimum absolute atomic E-state index is 0.0455. The highest BCUT2D eigenvalue weighted by atomic mass is 35.5. The summed E-state index contributed by atoms with van der Waals surface area (Å²) in [7, 11) is 0. The third-order valence-electron chi connectivity index (χ3n) is 4.39. The van der Waals surface area contributed by atoms with Crippen LogP contribution in [0.2, 0.25) is 5.02 Å². The number of anilines is 2. The van der Waals surface area contributed by atoms with E-state index >= 15 is 0 Å². The van der Waals surface area contributed by atoms with Crippen LogP contribution in [0.1, 0.15) is 5.56 Å². The summed E-state index contributed by atoms with van der Waals surface area (Å²) in [6.45, 7) is 1.30. The number of benzene rings is 2. The average Bonchev–Trinajstić information content (AvgIpc) is 2.86. The van der Waals surface area contributed by atoms with Crippen molar-refractivity contribution in [3.05, 3.63) is 59.1 Å². The predicted molar refractivity (Wildman–Crippen MR) is 106 cm³/mol. The van der Waals surface area contributed by atoms with Crippen molar-refractivity contribution in [2.45, 2.75) is 6.42 Å². The molecule has 0 spiro atoms. The highest BCUT2D eigenvalue weighted by molar-refractivity contribution is 6.30. The number of fused-ring (bicyclic) bond motifs is 3. The molecule has 0 bridgehead atoms. The van der Waals surface area contributed by atoms with Gasteiger partial charge in [-0.05, 0) is 36.8 Å². The molecule has 26 heavy (non-hydrogen) atoms. The van der Waals surface area contributed by atoms with E-state index in [0.29, 0.717) is 17.4 Å². The van der Waals surface area contributed by atoms with E-state index in [1.807, 2.05) is 36.4 Å². The smallest absolute Gasteiger partial charge is 0.162 e. The Balaban J connectivity index is 1.91. The SMILES string of the molecule is OCCNc1nc(-c2ccc(Cl)cc2)nc2c1CCNc1ccccc1-2. The second-order valence-corrected chi connectivity index (χ2v) is 6.54. The molecule has 6 heteroatoms. The zero-order valence-electron chi connectivity index (χ0n) is 14.2. The minimum atomic E-state index is 0.0455. The summed E-state index contributed by atoms with van der Waals surface area (Å²) in [6, 6.07) is 15.7. The number of para-hydroxylation sites is 1. The van der Waals surface area contributed by atoms with Crippen LogP contribution in [-0.2, 0) is 6.42 Å². The fourth-order valence-electron chi connectivity index (χ4n) is 3.16. The first-order chi connectivity index (χ1) is 12.8. The summed E-state index contributed by atoms with van der Waals surface area (Å²) in [5, 5.41) is 16.6. The Morgan fingerprint density at radius 2 is 1.88 bits per heavy atom. The molecular weight excluding hydrogens is 348 g/mol. The fourth-order valence-corrected chi connectivity index (χ4v) is 3.28. The van der Waals surface area contributed by atoms with Gasteiger partial charge in [-0.2, -0.15) is 0 Å². The maximum absolute atomic E-state index is 9.23. The molecule has 0 saturated heterocycles. The van der Waals surface area contributed by atoms with Gasteiger partial charge in [-0.3, -0.25) is 0 Å². The lowest BCUT2D eigenvalue weighted by Crippen LogP contribution is -2.13. The number of hydrogen-bond acceptors (Lipinski definition) is 5. The quantitative estimate of drug-likeness (QED) is 0.654. The Hall–Kier alpha value is -2.63. The van der Waals surface area contributed by atoms with E-state index in [9.17, 15) is 5.11 Å². The van der Waals surface area contributed by atoms with Crippen LogP contribution < -0.4 is 10.6 Å². The van der Waals surface area contributed by atoms with Gasteiger partial charge >= 0.3 is 0 Å². The number of aliphatic hydroxyl groups excluding tert-OH is 1. The van der Waals surface area contributed by atoms with Gasteiger partial charge in [-0.15, -0.1) is 0 Å². The molecule has 2 heterocycles. The first-order valence-electron chi connectivity index (χ1n) is 8.61. The van der Waals surface area contributed by atoms with Crippen LogP contribution in [0.3, 0.4) is 0 Å². The van der Waals surface area contributed by atoms with E-state index < -0.39 is 0 Å². The zero-order valence-corrected chi connectivity index (χ0v) is 14.9. The van der Waals surface area contributed by atoms with Gasteiger partial charge in [0.15, 0.2) is 5.82 Å². The largest absolute Gasteiger partial charge is 0.395 e. The first-order valence-corrected chi connectivity index (χ1v) is 8.99. The lowest BCUT2D eigenvalue weighted by Gasteiger charge is -2.15. The van der Waals surface area contributed by atoms with Crippen LogP contribution in [0.15, 0.2) is 48.5 Å². The molecule has 3 aromatic rings. The second kappa shape index (κ2) is 7.32. The van der Waals surface area contributed by atoms with Gasteiger partial charge in [0.05, 0.1) is 12.3 Å². The lowest BCUT2D eigenvalue weighted by atomic mass is 10.0. The van der Waals surface area contributed by atoms with Crippen LogP contribution in [0, 0.1) is 0 Å². The zero-order chi connectivity index (χ0) is 17.9. The van der Waals surface area contributed by atoms with Crippen LogP contribution in [0.4, 0.5) is 11.5 Å². The van der Waals surface area contributed by atoms with Crippen molar-refractivity contribution >= 4 is 23.1 Å². The topological polar surface area (TPSA) is 70.1 Å². The Morgan fingerprint density at radius 3 is 2.69 bits per heavy atom. The van der Waals surface area contributed by atoms with Crippen LogP contribution in [0.5, 0.6) is 0 Å². The van der Waals surface area contributed by atoms with Gasteiger partial charge in [-0.1, -0.05) is 29.8 Å². The van der Waals surface area contributed by atoms with E-state index in [-0.39, 0.29) is 6.61 Å². The van der Waals surface area contributed by atoms with E-state index in [1.165, 1.54) is 0 Å². The number of nitrogens with zero attached hydrogens (tertiary/aromatic N) is 2. The number of aromatic nitrogens is 2. The molecule has 3 N–H and O–H groups in total. The van der Waals surface area contributed by atoms with Crippen molar-refractivity contribution in [1.82, 2.24) is 9.97 Å². The monoisotopic (exact) mass is 366 g/mol. The second-order valence-electron chi connectivity index (χ2n) is 6.10. The van der Waals surface area contributed by atoms with Gasteiger partial charge < -0.3 is 15.7 Å². The summed E-state index contributed by atoms with van der Waals surface area (Å²) in [4.78, 5) is 9.62.